The Bertz CT molecular complexity index is 611. The van der Waals surface area contributed by atoms with Crippen molar-refractivity contribution in [1.29, 1.82) is 0 Å². The van der Waals surface area contributed by atoms with E-state index in [0.29, 0.717) is 0 Å². The van der Waals surface area contributed by atoms with Crippen LogP contribution >= 0.6 is 0 Å². The van der Waals surface area contributed by atoms with Crippen LogP contribution in [0.2, 0.25) is 0 Å². The smallest absolute Gasteiger partial charge is 0.0443 e. The van der Waals surface area contributed by atoms with E-state index in [9.17, 15) is 0 Å². The summed E-state index contributed by atoms with van der Waals surface area (Å²) in [4.78, 5) is 2.30. The molecule has 0 saturated carbocycles. The van der Waals surface area contributed by atoms with Gasteiger partial charge in [-0.2, -0.15) is 0 Å². The van der Waals surface area contributed by atoms with Crippen molar-refractivity contribution >= 4 is 11.4 Å². The molecule has 0 saturated heterocycles. The molecular weight excluding hydrogens is 230 g/mol. The first-order valence-electron chi connectivity index (χ1n) is 6.79. The fraction of sp³-hybridized carbons (Fsp3) is 0.333. The molecule has 0 heterocycles. The molecule has 0 aliphatic heterocycles. The lowest BCUT2D eigenvalue weighted by molar-refractivity contribution is 1.14. The average molecular weight is 253 g/mol. The summed E-state index contributed by atoms with van der Waals surface area (Å²) in [5, 5.41) is 0. The lowest BCUT2D eigenvalue weighted by atomic mass is 10.0. The predicted octanol–water partition coefficient (Wildman–Crippen LogP) is 5.00. The van der Waals surface area contributed by atoms with Gasteiger partial charge >= 0.3 is 0 Å². The maximum atomic E-state index is 2.30. The largest absolute Gasteiger partial charge is 0.344 e. The topological polar surface area (TPSA) is 3.24 Å². The van der Waals surface area contributed by atoms with E-state index in [1.165, 1.54) is 39.2 Å². The quantitative estimate of drug-likeness (QED) is 0.728. The number of hydrogen-bond acceptors (Lipinski definition) is 1. The van der Waals surface area contributed by atoms with Gasteiger partial charge in [-0.1, -0.05) is 18.2 Å². The van der Waals surface area contributed by atoms with Gasteiger partial charge in [0.2, 0.25) is 0 Å². The van der Waals surface area contributed by atoms with Crippen LogP contribution < -0.4 is 4.90 Å². The van der Waals surface area contributed by atoms with Crippen LogP contribution in [-0.2, 0) is 0 Å². The number of hydrogen-bond donors (Lipinski definition) is 0. The molecule has 2 aromatic rings. The van der Waals surface area contributed by atoms with E-state index >= 15 is 0 Å². The molecule has 0 aromatic heterocycles. The summed E-state index contributed by atoms with van der Waals surface area (Å²) in [5.41, 5.74) is 9.22. The Morgan fingerprint density at radius 1 is 0.684 bits per heavy atom. The van der Waals surface area contributed by atoms with Gasteiger partial charge in [0.25, 0.3) is 0 Å². The molecule has 0 atom stereocenters. The zero-order chi connectivity index (χ0) is 14.2. The van der Waals surface area contributed by atoms with Crippen molar-refractivity contribution in [3.8, 4) is 0 Å². The summed E-state index contributed by atoms with van der Waals surface area (Å²) in [5.74, 6) is 0. The van der Waals surface area contributed by atoms with Gasteiger partial charge in [0.1, 0.15) is 0 Å². The highest BCUT2D eigenvalue weighted by Gasteiger charge is 2.11. The van der Waals surface area contributed by atoms with Gasteiger partial charge in [-0.15, -0.1) is 0 Å². The Kier molecular flexibility index (Phi) is 3.66. The number of nitrogens with zero attached hydrogens (tertiary/aromatic N) is 1. The van der Waals surface area contributed by atoms with Gasteiger partial charge in [-0.25, -0.2) is 0 Å². The summed E-state index contributed by atoms with van der Waals surface area (Å²) < 4.78 is 0. The lowest BCUT2D eigenvalue weighted by Crippen LogP contribution is -2.13. The maximum Gasteiger partial charge on any atom is 0.0443 e. The Morgan fingerprint density at radius 2 is 1.32 bits per heavy atom. The zero-order valence-electron chi connectivity index (χ0n) is 12.8. The molecule has 100 valence electrons. The van der Waals surface area contributed by atoms with Crippen molar-refractivity contribution in [2.24, 2.45) is 0 Å². The summed E-state index contributed by atoms with van der Waals surface area (Å²) in [6.45, 7) is 10.9. The highest BCUT2D eigenvalue weighted by molar-refractivity contribution is 5.70. The molecule has 0 radical (unpaired) electrons. The third-order valence-electron chi connectivity index (χ3n) is 3.87. The first-order chi connectivity index (χ1) is 8.90. The Hall–Kier alpha value is -1.76. The standard InChI is InChI=1S/C18H23N/c1-12-7-8-14(3)17(10-12)19(6)18-11-13(2)9-15(4)16(18)5/h7-11H,1-6H3. The summed E-state index contributed by atoms with van der Waals surface area (Å²) in [6.07, 6.45) is 0. The SMILES string of the molecule is Cc1ccc(C)c(N(C)c2cc(C)cc(C)c2C)c1. The van der Waals surface area contributed by atoms with Crippen LogP contribution in [-0.4, -0.2) is 7.05 Å². The Labute approximate surface area is 116 Å². The average Bonchev–Trinajstić information content (AvgIpc) is 2.36. The number of aryl methyl sites for hydroxylation is 4. The second-order valence-electron chi connectivity index (χ2n) is 5.57. The molecule has 0 spiro atoms. The summed E-state index contributed by atoms with van der Waals surface area (Å²) >= 11 is 0. The number of rotatable bonds is 2. The van der Waals surface area contributed by atoms with Crippen LogP contribution in [0.3, 0.4) is 0 Å². The van der Waals surface area contributed by atoms with Crippen molar-refractivity contribution < 1.29 is 0 Å². The maximum absolute atomic E-state index is 2.30. The number of benzene rings is 2. The molecule has 2 rings (SSSR count). The van der Waals surface area contributed by atoms with Crippen LogP contribution in [0.15, 0.2) is 30.3 Å². The van der Waals surface area contributed by atoms with E-state index < -0.39 is 0 Å². The molecular formula is C18H23N. The third-order valence-corrected chi connectivity index (χ3v) is 3.87. The molecule has 0 amide bonds. The van der Waals surface area contributed by atoms with Gasteiger partial charge in [-0.05, 0) is 74.6 Å². The van der Waals surface area contributed by atoms with Crippen LogP contribution in [0.4, 0.5) is 11.4 Å². The first kappa shape index (κ1) is 13.7. The van der Waals surface area contributed by atoms with Crippen molar-refractivity contribution in [2.75, 3.05) is 11.9 Å². The first-order valence-corrected chi connectivity index (χ1v) is 6.79. The van der Waals surface area contributed by atoms with E-state index in [-0.39, 0.29) is 0 Å². The molecule has 0 N–H and O–H groups in total. The molecule has 0 fully saturated rings. The number of anilines is 2. The monoisotopic (exact) mass is 253 g/mol. The van der Waals surface area contributed by atoms with Crippen LogP contribution in [0.5, 0.6) is 0 Å². The minimum Gasteiger partial charge on any atom is -0.344 e. The summed E-state index contributed by atoms with van der Waals surface area (Å²) in [7, 11) is 2.16. The van der Waals surface area contributed by atoms with E-state index in [4.69, 9.17) is 0 Å². The molecule has 2 aromatic carbocycles. The highest BCUT2D eigenvalue weighted by atomic mass is 15.1. The molecule has 0 bridgehead atoms. The van der Waals surface area contributed by atoms with Crippen molar-refractivity contribution in [3.05, 3.63) is 58.1 Å². The van der Waals surface area contributed by atoms with E-state index in [1.54, 1.807) is 0 Å². The van der Waals surface area contributed by atoms with E-state index in [2.05, 4.69) is 76.9 Å². The molecule has 0 unspecified atom stereocenters. The minimum absolute atomic E-state index is 1.29. The lowest BCUT2D eigenvalue weighted by Gasteiger charge is -2.25. The third kappa shape index (κ3) is 2.65. The second-order valence-corrected chi connectivity index (χ2v) is 5.57. The minimum atomic E-state index is 1.29. The van der Waals surface area contributed by atoms with Crippen molar-refractivity contribution in [3.63, 3.8) is 0 Å². The van der Waals surface area contributed by atoms with Crippen molar-refractivity contribution in [1.82, 2.24) is 0 Å². The van der Waals surface area contributed by atoms with E-state index in [1.807, 2.05) is 0 Å². The highest BCUT2D eigenvalue weighted by Crippen LogP contribution is 2.32. The molecule has 1 nitrogen and oxygen atoms in total. The molecule has 19 heavy (non-hydrogen) atoms. The zero-order valence-corrected chi connectivity index (χ0v) is 12.8. The fourth-order valence-corrected chi connectivity index (χ4v) is 2.58. The Morgan fingerprint density at radius 3 is 2.00 bits per heavy atom. The van der Waals surface area contributed by atoms with Crippen LogP contribution in [0.1, 0.15) is 27.8 Å². The van der Waals surface area contributed by atoms with Gasteiger partial charge < -0.3 is 4.90 Å². The normalized spacial score (nSPS) is 10.6. The van der Waals surface area contributed by atoms with Gasteiger partial charge in [-0.3, -0.25) is 0 Å². The van der Waals surface area contributed by atoms with Gasteiger partial charge in [0.05, 0.1) is 0 Å². The van der Waals surface area contributed by atoms with Gasteiger partial charge in [0.15, 0.2) is 0 Å². The summed E-state index contributed by atoms with van der Waals surface area (Å²) in [6, 6.07) is 11.1. The molecule has 0 aliphatic carbocycles. The molecule has 1 heteroatoms. The van der Waals surface area contributed by atoms with Crippen molar-refractivity contribution in [2.45, 2.75) is 34.6 Å². The van der Waals surface area contributed by atoms with Crippen LogP contribution in [0, 0.1) is 34.6 Å². The van der Waals surface area contributed by atoms with Crippen LogP contribution in [0.25, 0.3) is 0 Å². The van der Waals surface area contributed by atoms with Gasteiger partial charge in [0, 0.05) is 18.4 Å². The fourth-order valence-electron chi connectivity index (χ4n) is 2.58. The molecule has 0 aliphatic rings. The second kappa shape index (κ2) is 5.08. The predicted molar refractivity (Wildman–Crippen MR) is 84.6 cm³/mol. The Balaban J connectivity index is 2.55. The van der Waals surface area contributed by atoms with E-state index in [0.717, 1.165) is 0 Å².